The van der Waals surface area contributed by atoms with Gasteiger partial charge in [-0.2, -0.15) is 10.5 Å². The van der Waals surface area contributed by atoms with Gasteiger partial charge < -0.3 is 4.57 Å². The van der Waals surface area contributed by atoms with Crippen molar-refractivity contribution < 1.29 is 0 Å². The first-order chi connectivity index (χ1) is 11.7. The van der Waals surface area contributed by atoms with Gasteiger partial charge in [0.05, 0.1) is 17.2 Å². The van der Waals surface area contributed by atoms with Crippen LogP contribution in [0.25, 0.3) is 23.0 Å². The molecule has 1 aromatic heterocycles. The number of allylic oxidation sites excluding steroid dienone is 1. The van der Waals surface area contributed by atoms with Gasteiger partial charge in [-0.1, -0.05) is 42.5 Å². The van der Waals surface area contributed by atoms with Crippen LogP contribution in [0.3, 0.4) is 0 Å². The molecule has 0 aliphatic carbocycles. The highest BCUT2D eigenvalue weighted by atomic mass is 15.3. The lowest BCUT2D eigenvalue weighted by atomic mass is 10.1. The molecule has 5 heteroatoms. The van der Waals surface area contributed by atoms with Gasteiger partial charge in [0.25, 0.3) is 0 Å². The quantitative estimate of drug-likeness (QED) is 0.694. The average Bonchev–Trinajstić information content (AvgIpc) is 3.02. The second kappa shape index (κ2) is 6.60. The van der Waals surface area contributed by atoms with Crippen molar-refractivity contribution in [1.29, 1.82) is 10.5 Å². The number of aromatic nitrogens is 3. The lowest BCUT2D eigenvalue weighted by molar-refractivity contribution is 0.901. The number of nitriles is 2. The normalized spacial score (nSPS) is 10.9. The van der Waals surface area contributed by atoms with Crippen LogP contribution in [0.2, 0.25) is 0 Å². The molecule has 0 amide bonds. The summed E-state index contributed by atoms with van der Waals surface area (Å²) in [5, 5.41) is 26.7. The average molecular weight is 311 g/mol. The Morgan fingerprint density at radius 3 is 2.33 bits per heavy atom. The summed E-state index contributed by atoms with van der Waals surface area (Å²) >= 11 is 0. The molecule has 0 aliphatic heterocycles. The Hall–Kier alpha value is -3.70. The molecule has 3 rings (SSSR count). The van der Waals surface area contributed by atoms with Crippen LogP contribution in [-0.4, -0.2) is 14.8 Å². The predicted octanol–water partition coefficient (Wildman–Crippen LogP) is 3.42. The van der Waals surface area contributed by atoms with Crippen LogP contribution in [0.4, 0.5) is 0 Å². The molecule has 0 radical (unpaired) electrons. The van der Waals surface area contributed by atoms with Gasteiger partial charge in [-0.15, -0.1) is 10.2 Å². The monoisotopic (exact) mass is 311 g/mol. The van der Waals surface area contributed by atoms with Gasteiger partial charge in [0.15, 0.2) is 11.6 Å². The van der Waals surface area contributed by atoms with Crippen LogP contribution in [0.5, 0.6) is 0 Å². The van der Waals surface area contributed by atoms with E-state index in [0.29, 0.717) is 22.8 Å². The van der Waals surface area contributed by atoms with E-state index in [-0.39, 0.29) is 0 Å². The molecule has 0 N–H and O–H groups in total. The standard InChI is InChI=1S/C19H13N5/c1-24-18(16-5-3-2-4-6-16)22-23-19(24)17(13-21)11-14-7-9-15(12-20)10-8-14/h2-11H,1H3/b17-11+. The molecular formula is C19H13N5. The topological polar surface area (TPSA) is 78.3 Å². The molecule has 0 saturated heterocycles. The molecule has 5 nitrogen and oxygen atoms in total. The fourth-order valence-corrected chi connectivity index (χ4v) is 2.37. The molecule has 0 saturated carbocycles. The molecule has 0 spiro atoms. The van der Waals surface area contributed by atoms with Crippen LogP contribution in [0.15, 0.2) is 54.6 Å². The molecule has 24 heavy (non-hydrogen) atoms. The van der Waals surface area contributed by atoms with E-state index in [1.54, 1.807) is 34.9 Å². The summed E-state index contributed by atoms with van der Waals surface area (Å²) in [7, 11) is 1.83. The number of hydrogen-bond donors (Lipinski definition) is 0. The summed E-state index contributed by atoms with van der Waals surface area (Å²) in [5.74, 6) is 1.20. The van der Waals surface area contributed by atoms with Gasteiger partial charge in [0.1, 0.15) is 6.07 Å². The molecular weight excluding hydrogens is 298 g/mol. The molecule has 114 valence electrons. The van der Waals surface area contributed by atoms with E-state index in [0.717, 1.165) is 11.1 Å². The van der Waals surface area contributed by atoms with E-state index in [1.165, 1.54) is 0 Å². The van der Waals surface area contributed by atoms with E-state index in [4.69, 9.17) is 5.26 Å². The summed E-state index contributed by atoms with van der Waals surface area (Å²) in [6.45, 7) is 0. The fraction of sp³-hybridized carbons (Fsp3) is 0.0526. The zero-order valence-electron chi connectivity index (χ0n) is 13.0. The second-order valence-electron chi connectivity index (χ2n) is 5.18. The van der Waals surface area contributed by atoms with E-state index in [1.807, 2.05) is 37.4 Å². The van der Waals surface area contributed by atoms with E-state index < -0.39 is 0 Å². The van der Waals surface area contributed by atoms with Crippen LogP contribution in [0.1, 0.15) is 17.0 Å². The highest BCUT2D eigenvalue weighted by molar-refractivity contribution is 5.87. The van der Waals surface area contributed by atoms with Gasteiger partial charge in [-0.05, 0) is 23.8 Å². The maximum Gasteiger partial charge on any atom is 0.174 e. The van der Waals surface area contributed by atoms with Crippen molar-refractivity contribution in [3.8, 4) is 23.5 Å². The first-order valence-electron chi connectivity index (χ1n) is 7.30. The van der Waals surface area contributed by atoms with E-state index in [2.05, 4.69) is 22.3 Å². The SMILES string of the molecule is Cn1c(/C(C#N)=C/c2ccc(C#N)cc2)nnc1-c1ccccc1. The Morgan fingerprint density at radius 2 is 1.71 bits per heavy atom. The minimum Gasteiger partial charge on any atom is -0.310 e. The van der Waals surface area contributed by atoms with Crippen LogP contribution >= 0.6 is 0 Å². The van der Waals surface area contributed by atoms with Gasteiger partial charge >= 0.3 is 0 Å². The van der Waals surface area contributed by atoms with Crippen molar-refractivity contribution in [2.45, 2.75) is 0 Å². The maximum absolute atomic E-state index is 9.49. The first-order valence-corrected chi connectivity index (χ1v) is 7.30. The fourth-order valence-electron chi connectivity index (χ4n) is 2.37. The number of hydrogen-bond acceptors (Lipinski definition) is 4. The van der Waals surface area contributed by atoms with Crippen molar-refractivity contribution in [3.05, 3.63) is 71.5 Å². The van der Waals surface area contributed by atoms with E-state index in [9.17, 15) is 5.26 Å². The Bertz CT molecular complexity index is 967. The molecule has 0 fully saturated rings. The lowest BCUT2D eigenvalue weighted by Crippen LogP contribution is -1.98. The molecule has 0 bridgehead atoms. The third-order valence-electron chi connectivity index (χ3n) is 3.62. The Balaban J connectivity index is 2.00. The minimum absolute atomic E-state index is 0.414. The lowest BCUT2D eigenvalue weighted by Gasteiger charge is -2.03. The van der Waals surface area contributed by atoms with Crippen LogP contribution in [0, 0.1) is 22.7 Å². The Morgan fingerprint density at radius 1 is 1.00 bits per heavy atom. The number of benzene rings is 2. The van der Waals surface area contributed by atoms with Gasteiger partial charge in [0.2, 0.25) is 0 Å². The summed E-state index contributed by atoms with van der Waals surface area (Å²) < 4.78 is 1.80. The largest absolute Gasteiger partial charge is 0.310 e. The zero-order chi connectivity index (χ0) is 16.9. The van der Waals surface area contributed by atoms with Crippen molar-refractivity contribution >= 4 is 11.6 Å². The van der Waals surface area contributed by atoms with Gasteiger partial charge in [-0.3, -0.25) is 0 Å². The van der Waals surface area contributed by atoms with Crippen molar-refractivity contribution in [3.63, 3.8) is 0 Å². The second-order valence-corrected chi connectivity index (χ2v) is 5.18. The van der Waals surface area contributed by atoms with Gasteiger partial charge in [0, 0.05) is 12.6 Å². The third-order valence-corrected chi connectivity index (χ3v) is 3.62. The van der Waals surface area contributed by atoms with Crippen LogP contribution in [-0.2, 0) is 7.05 Å². The summed E-state index contributed by atoms with van der Waals surface area (Å²) in [4.78, 5) is 0. The Kier molecular flexibility index (Phi) is 4.18. The molecule has 1 heterocycles. The first kappa shape index (κ1) is 15.2. The number of nitrogens with zero attached hydrogens (tertiary/aromatic N) is 5. The summed E-state index contributed by atoms with van der Waals surface area (Å²) in [6.07, 6.45) is 1.74. The van der Waals surface area contributed by atoms with Crippen LogP contribution < -0.4 is 0 Å². The predicted molar refractivity (Wildman–Crippen MR) is 91.1 cm³/mol. The zero-order valence-corrected chi connectivity index (χ0v) is 13.0. The highest BCUT2D eigenvalue weighted by Gasteiger charge is 2.14. The van der Waals surface area contributed by atoms with Crippen molar-refractivity contribution in [1.82, 2.24) is 14.8 Å². The summed E-state index contributed by atoms with van der Waals surface area (Å²) in [5.41, 5.74) is 2.76. The smallest absolute Gasteiger partial charge is 0.174 e. The number of rotatable bonds is 3. The molecule has 0 aliphatic rings. The Labute approximate surface area is 139 Å². The van der Waals surface area contributed by atoms with E-state index >= 15 is 0 Å². The summed E-state index contributed by atoms with van der Waals surface area (Å²) in [6, 6.07) is 21.0. The van der Waals surface area contributed by atoms with Crippen molar-refractivity contribution in [2.75, 3.05) is 0 Å². The third kappa shape index (κ3) is 2.92. The molecule has 3 aromatic rings. The van der Waals surface area contributed by atoms with Gasteiger partial charge in [-0.25, -0.2) is 0 Å². The maximum atomic E-state index is 9.49. The minimum atomic E-state index is 0.414. The molecule has 2 aromatic carbocycles. The molecule has 0 unspecified atom stereocenters. The highest BCUT2D eigenvalue weighted by Crippen LogP contribution is 2.22. The van der Waals surface area contributed by atoms with Crippen molar-refractivity contribution in [2.24, 2.45) is 7.05 Å². The molecule has 0 atom stereocenters.